The van der Waals surface area contributed by atoms with Crippen LogP contribution >= 0.6 is 0 Å². The van der Waals surface area contributed by atoms with Gasteiger partial charge >= 0.3 is 0 Å². The number of hydrogen-bond donors (Lipinski definition) is 2. The number of likely N-dealkylation sites (N-methyl/N-ethyl adjacent to an activating group) is 1. The number of carbonyl (C=O) groups excluding carboxylic acids is 1. The van der Waals surface area contributed by atoms with Gasteiger partial charge in [0.05, 0.1) is 18.4 Å². The van der Waals surface area contributed by atoms with Crippen molar-refractivity contribution >= 4 is 15.9 Å². The Morgan fingerprint density at radius 3 is 2.61 bits per heavy atom. The number of carbonyl (C=O) groups is 1. The molecular weight excluding hydrogens is 256 g/mol. The highest BCUT2D eigenvalue weighted by atomic mass is 32.2. The van der Waals surface area contributed by atoms with E-state index in [1.165, 1.54) is 25.3 Å². The van der Waals surface area contributed by atoms with Crippen LogP contribution in [0, 0.1) is 0 Å². The monoisotopic (exact) mass is 272 g/mol. The second-order valence-electron chi connectivity index (χ2n) is 3.65. The van der Waals surface area contributed by atoms with E-state index in [4.69, 9.17) is 9.88 Å². The van der Waals surface area contributed by atoms with E-state index in [-0.39, 0.29) is 17.2 Å². The molecule has 0 fully saturated rings. The molecule has 0 spiro atoms. The Labute approximate surface area is 106 Å². The van der Waals surface area contributed by atoms with Crippen molar-refractivity contribution in [3.63, 3.8) is 0 Å². The third-order valence-corrected chi connectivity index (χ3v) is 3.22. The highest BCUT2D eigenvalue weighted by molar-refractivity contribution is 7.89. The van der Waals surface area contributed by atoms with Crippen LogP contribution in [0.5, 0.6) is 5.75 Å². The highest BCUT2D eigenvalue weighted by Crippen LogP contribution is 2.22. The van der Waals surface area contributed by atoms with Crippen molar-refractivity contribution in [2.45, 2.75) is 18.2 Å². The summed E-state index contributed by atoms with van der Waals surface area (Å²) in [6, 6.07) is 4.17. The Morgan fingerprint density at radius 1 is 1.44 bits per heavy atom. The first kappa shape index (κ1) is 14.5. The largest absolute Gasteiger partial charge is 0.496 e. The topological polar surface area (TPSA) is 98.5 Å². The van der Waals surface area contributed by atoms with Gasteiger partial charge in [-0.3, -0.25) is 4.79 Å². The Kier molecular flexibility index (Phi) is 4.69. The third-order valence-electron chi connectivity index (χ3n) is 2.31. The van der Waals surface area contributed by atoms with Gasteiger partial charge in [0.2, 0.25) is 15.9 Å². The fourth-order valence-corrected chi connectivity index (χ4v) is 2.07. The number of ether oxygens (including phenoxy) is 1. The lowest BCUT2D eigenvalue weighted by molar-refractivity contribution is -0.120. The molecular formula is C11H16N2O4S. The van der Waals surface area contributed by atoms with Crippen LogP contribution in [0.25, 0.3) is 0 Å². The fourth-order valence-electron chi connectivity index (χ4n) is 1.50. The van der Waals surface area contributed by atoms with Gasteiger partial charge in [0, 0.05) is 12.1 Å². The molecule has 1 amide bonds. The van der Waals surface area contributed by atoms with E-state index in [0.717, 1.165) is 0 Å². The molecule has 0 aromatic heterocycles. The molecule has 0 saturated heterocycles. The Hall–Kier alpha value is -1.60. The first-order valence-electron chi connectivity index (χ1n) is 5.35. The molecule has 0 bridgehead atoms. The molecule has 0 aliphatic carbocycles. The average Bonchev–Trinajstić information content (AvgIpc) is 2.28. The van der Waals surface area contributed by atoms with Crippen molar-refractivity contribution in [2.75, 3.05) is 13.7 Å². The average molecular weight is 272 g/mol. The first-order valence-corrected chi connectivity index (χ1v) is 6.89. The minimum atomic E-state index is -3.79. The van der Waals surface area contributed by atoms with E-state index in [2.05, 4.69) is 5.32 Å². The molecule has 0 radical (unpaired) electrons. The summed E-state index contributed by atoms with van der Waals surface area (Å²) in [6.45, 7) is 2.31. The van der Waals surface area contributed by atoms with Crippen molar-refractivity contribution in [1.82, 2.24) is 5.32 Å². The van der Waals surface area contributed by atoms with Crippen molar-refractivity contribution < 1.29 is 17.9 Å². The second kappa shape index (κ2) is 5.83. The van der Waals surface area contributed by atoms with Crippen LogP contribution in [-0.4, -0.2) is 28.0 Å². The Bertz CT molecular complexity index is 540. The molecule has 18 heavy (non-hydrogen) atoms. The van der Waals surface area contributed by atoms with E-state index in [1.54, 1.807) is 6.92 Å². The summed E-state index contributed by atoms with van der Waals surface area (Å²) in [5.74, 6) is 0.246. The van der Waals surface area contributed by atoms with Crippen LogP contribution < -0.4 is 15.2 Å². The maximum Gasteiger partial charge on any atom is 0.238 e. The lowest BCUT2D eigenvalue weighted by Gasteiger charge is -2.10. The van der Waals surface area contributed by atoms with E-state index in [1.807, 2.05) is 0 Å². The number of rotatable bonds is 5. The van der Waals surface area contributed by atoms with Crippen molar-refractivity contribution in [1.29, 1.82) is 0 Å². The number of benzene rings is 1. The standard InChI is InChI=1S/C11H16N2O4S/c1-3-13-11(14)7-8-6-9(18(12,15)16)4-5-10(8)17-2/h4-6H,3,7H2,1-2H3,(H,13,14)(H2,12,15,16). The van der Waals surface area contributed by atoms with E-state index in [0.29, 0.717) is 17.9 Å². The van der Waals surface area contributed by atoms with Gasteiger partial charge in [0.15, 0.2) is 0 Å². The maximum atomic E-state index is 11.5. The summed E-state index contributed by atoms with van der Waals surface area (Å²) in [6.07, 6.45) is 0.0420. The number of methoxy groups -OCH3 is 1. The molecule has 3 N–H and O–H groups in total. The van der Waals surface area contributed by atoms with E-state index in [9.17, 15) is 13.2 Å². The molecule has 6 nitrogen and oxygen atoms in total. The number of primary sulfonamides is 1. The van der Waals surface area contributed by atoms with Crippen LogP contribution in [0.15, 0.2) is 23.1 Å². The summed E-state index contributed by atoms with van der Waals surface area (Å²) < 4.78 is 27.5. The summed E-state index contributed by atoms with van der Waals surface area (Å²) in [5, 5.41) is 7.67. The van der Waals surface area contributed by atoms with Crippen molar-refractivity contribution in [2.24, 2.45) is 5.14 Å². The highest BCUT2D eigenvalue weighted by Gasteiger charge is 2.14. The zero-order chi connectivity index (χ0) is 13.8. The summed E-state index contributed by atoms with van der Waals surface area (Å²) in [4.78, 5) is 11.5. The number of nitrogens with one attached hydrogen (secondary N) is 1. The van der Waals surface area contributed by atoms with Crippen LogP contribution in [0.4, 0.5) is 0 Å². The normalized spacial score (nSPS) is 11.1. The van der Waals surface area contributed by atoms with Crippen LogP contribution in [-0.2, 0) is 21.2 Å². The minimum absolute atomic E-state index is 0.0393. The van der Waals surface area contributed by atoms with Gasteiger partial charge in [-0.25, -0.2) is 13.6 Å². The summed E-state index contributed by atoms with van der Waals surface area (Å²) in [7, 11) is -2.33. The van der Waals surface area contributed by atoms with Gasteiger partial charge in [-0.1, -0.05) is 0 Å². The number of sulfonamides is 1. The maximum absolute atomic E-state index is 11.5. The Morgan fingerprint density at radius 2 is 2.11 bits per heavy atom. The zero-order valence-corrected chi connectivity index (χ0v) is 11.1. The smallest absolute Gasteiger partial charge is 0.238 e. The predicted molar refractivity (Wildman–Crippen MR) is 66.8 cm³/mol. The lowest BCUT2D eigenvalue weighted by Crippen LogP contribution is -2.24. The summed E-state index contributed by atoms with van der Waals surface area (Å²) >= 11 is 0. The van der Waals surface area contributed by atoms with Gasteiger partial charge in [-0.05, 0) is 25.1 Å². The van der Waals surface area contributed by atoms with Gasteiger partial charge < -0.3 is 10.1 Å². The number of hydrogen-bond acceptors (Lipinski definition) is 4. The fraction of sp³-hybridized carbons (Fsp3) is 0.364. The van der Waals surface area contributed by atoms with Crippen molar-refractivity contribution in [3.05, 3.63) is 23.8 Å². The van der Waals surface area contributed by atoms with E-state index >= 15 is 0 Å². The third kappa shape index (κ3) is 3.71. The molecule has 1 aromatic rings. The second-order valence-corrected chi connectivity index (χ2v) is 5.21. The number of nitrogens with two attached hydrogens (primary N) is 1. The molecule has 7 heteroatoms. The van der Waals surface area contributed by atoms with Gasteiger partial charge in [0.1, 0.15) is 5.75 Å². The molecule has 1 aromatic carbocycles. The Balaban J connectivity index is 3.11. The van der Waals surface area contributed by atoms with E-state index < -0.39 is 10.0 Å². The molecule has 0 heterocycles. The quantitative estimate of drug-likeness (QED) is 0.789. The number of amides is 1. The van der Waals surface area contributed by atoms with Gasteiger partial charge in [-0.2, -0.15) is 0 Å². The van der Waals surface area contributed by atoms with Crippen LogP contribution in [0.1, 0.15) is 12.5 Å². The molecule has 0 aliphatic rings. The minimum Gasteiger partial charge on any atom is -0.496 e. The van der Waals surface area contributed by atoms with Gasteiger partial charge in [0.25, 0.3) is 0 Å². The predicted octanol–water partition coefficient (Wildman–Crippen LogP) is 0.0212. The van der Waals surface area contributed by atoms with Gasteiger partial charge in [-0.15, -0.1) is 0 Å². The van der Waals surface area contributed by atoms with Crippen LogP contribution in [0.3, 0.4) is 0 Å². The van der Waals surface area contributed by atoms with Crippen molar-refractivity contribution in [3.8, 4) is 5.75 Å². The summed E-state index contributed by atoms with van der Waals surface area (Å²) in [5.41, 5.74) is 0.481. The lowest BCUT2D eigenvalue weighted by atomic mass is 10.1. The first-order chi connectivity index (χ1) is 8.38. The molecule has 100 valence electrons. The molecule has 0 saturated carbocycles. The SMILES string of the molecule is CCNC(=O)Cc1cc(S(N)(=O)=O)ccc1OC. The molecule has 0 atom stereocenters. The molecule has 0 unspecified atom stereocenters. The zero-order valence-electron chi connectivity index (χ0n) is 10.3. The molecule has 1 rings (SSSR count). The molecule has 0 aliphatic heterocycles. The van der Waals surface area contributed by atoms with Crippen LogP contribution in [0.2, 0.25) is 0 Å².